The first kappa shape index (κ1) is 16.2. The lowest BCUT2D eigenvalue weighted by atomic mass is 10.0. The maximum atomic E-state index is 4.86. The molecule has 118 valence electrons. The lowest BCUT2D eigenvalue weighted by Crippen LogP contribution is -2.45. The number of hydrogen-bond acceptors (Lipinski definition) is 4. The maximum Gasteiger partial charge on any atom is 0.129 e. The maximum absolute atomic E-state index is 4.86. The van der Waals surface area contributed by atoms with Crippen LogP contribution in [0.3, 0.4) is 0 Å². The molecule has 4 nitrogen and oxygen atoms in total. The van der Waals surface area contributed by atoms with E-state index in [-0.39, 0.29) is 0 Å². The average Bonchev–Trinajstić information content (AvgIpc) is 2.52. The van der Waals surface area contributed by atoms with Gasteiger partial charge in [0.2, 0.25) is 0 Å². The number of aromatic nitrogens is 1. The van der Waals surface area contributed by atoms with Crippen LogP contribution in [0, 0.1) is 0 Å². The van der Waals surface area contributed by atoms with Gasteiger partial charge in [0.05, 0.1) is 0 Å². The fraction of sp³-hybridized carbons (Fsp3) is 0.706. The first-order chi connectivity index (χ1) is 10.1. The van der Waals surface area contributed by atoms with Crippen molar-refractivity contribution in [2.24, 2.45) is 0 Å². The molecule has 1 aromatic rings. The Kier molecular flexibility index (Phi) is 6.00. The molecule has 0 bridgehead atoms. The standard InChI is InChI=1S/C17H30N4/c1-5-15-10-14(12-18-6-2)11-17(19-15)21-9-7-8-16(13-21)20(3)4/h10-11,16,18H,5-9,12-13H2,1-4H3. The van der Waals surface area contributed by atoms with Crippen LogP contribution in [-0.4, -0.2) is 49.7 Å². The molecule has 0 aromatic carbocycles. The normalized spacial score (nSPS) is 19.3. The van der Waals surface area contributed by atoms with E-state index in [9.17, 15) is 0 Å². The van der Waals surface area contributed by atoms with Crippen LogP contribution >= 0.6 is 0 Å². The number of piperidine rings is 1. The van der Waals surface area contributed by atoms with Gasteiger partial charge < -0.3 is 15.1 Å². The predicted octanol–water partition coefficient (Wildman–Crippen LogP) is 2.28. The van der Waals surface area contributed by atoms with Gasteiger partial charge in [-0.25, -0.2) is 4.98 Å². The van der Waals surface area contributed by atoms with Crippen molar-refractivity contribution in [1.82, 2.24) is 15.2 Å². The topological polar surface area (TPSA) is 31.4 Å². The van der Waals surface area contributed by atoms with Gasteiger partial charge in [-0.3, -0.25) is 0 Å². The highest BCUT2D eigenvalue weighted by Gasteiger charge is 2.22. The smallest absolute Gasteiger partial charge is 0.129 e. The van der Waals surface area contributed by atoms with Gasteiger partial charge in [-0.05, 0) is 57.6 Å². The van der Waals surface area contributed by atoms with Crippen molar-refractivity contribution in [3.8, 4) is 0 Å². The summed E-state index contributed by atoms with van der Waals surface area (Å²) in [5, 5.41) is 3.42. The van der Waals surface area contributed by atoms with Crippen molar-refractivity contribution in [2.45, 2.75) is 45.7 Å². The number of hydrogen-bond donors (Lipinski definition) is 1. The second-order valence-electron chi connectivity index (χ2n) is 6.16. The zero-order valence-corrected chi connectivity index (χ0v) is 14.0. The van der Waals surface area contributed by atoms with Gasteiger partial charge in [0.25, 0.3) is 0 Å². The number of nitrogens with one attached hydrogen (secondary N) is 1. The minimum absolute atomic E-state index is 0.642. The highest BCUT2D eigenvalue weighted by Crippen LogP contribution is 2.22. The number of anilines is 1. The fourth-order valence-electron chi connectivity index (χ4n) is 2.93. The molecule has 21 heavy (non-hydrogen) atoms. The molecule has 0 aliphatic carbocycles. The Morgan fingerprint density at radius 1 is 1.33 bits per heavy atom. The molecule has 1 N–H and O–H groups in total. The first-order valence-electron chi connectivity index (χ1n) is 8.26. The second-order valence-corrected chi connectivity index (χ2v) is 6.16. The highest BCUT2D eigenvalue weighted by molar-refractivity contribution is 5.43. The summed E-state index contributed by atoms with van der Waals surface area (Å²) in [6.45, 7) is 8.49. The summed E-state index contributed by atoms with van der Waals surface area (Å²) in [7, 11) is 4.36. The number of nitrogens with zero attached hydrogens (tertiary/aromatic N) is 3. The number of pyridine rings is 1. The van der Waals surface area contributed by atoms with E-state index < -0.39 is 0 Å². The summed E-state index contributed by atoms with van der Waals surface area (Å²) in [5.41, 5.74) is 2.55. The van der Waals surface area contributed by atoms with E-state index in [1.807, 2.05) is 0 Å². The van der Waals surface area contributed by atoms with Crippen molar-refractivity contribution in [3.63, 3.8) is 0 Å². The van der Waals surface area contributed by atoms with Gasteiger partial charge in [-0.15, -0.1) is 0 Å². The van der Waals surface area contributed by atoms with Crippen LogP contribution in [-0.2, 0) is 13.0 Å². The van der Waals surface area contributed by atoms with Crippen LogP contribution in [0.15, 0.2) is 12.1 Å². The van der Waals surface area contributed by atoms with Crippen LogP contribution in [0.1, 0.15) is 37.9 Å². The van der Waals surface area contributed by atoms with Gasteiger partial charge in [0, 0.05) is 31.4 Å². The molecule has 0 radical (unpaired) electrons. The lowest BCUT2D eigenvalue weighted by molar-refractivity contribution is 0.257. The Morgan fingerprint density at radius 2 is 2.14 bits per heavy atom. The summed E-state index contributed by atoms with van der Waals surface area (Å²) in [5.74, 6) is 1.16. The molecule has 0 spiro atoms. The Labute approximate surface area is 129 Å². The molecular weight excluding hydrogens is 260 g/mol. The molecule has 1 aromatic heterocycles. The van der Waals surface area contributed by atoms with E-state index in [1.165, 1.54) is 24.1 Å². The molecule has 1 atom stereocenters. The third-order valence-corrected chi connectivity index (χ3v) is 4.32. The SMILES string of the molecule is CCNCc1cc(CC)nc(N2CCCC(N(C)C)C2)c1. The van der Waals surface area contributed by atoms with E-state index in [0.717, 1.165) is 38.4 Å². The third kappa shape index (κ3) is 4.42. The van der Waals surface area contributed by atoms with Gasteiger partial charge in [-0.1, -0.05) is 13.8 Å². The molecule has 0 amide bonds. The number of rotatable bonds is 6. The van der Waals surface area contributed by atoms with E-state index in [2.05, 4.69) is 55.2 Å². The lowest BCUT2D eigenvalue weighted by Gasteiger charge is -2.37. The van der Waals surface area contributed by atoms with Crippen molar-refractivity contribution in [1.29, 1.82) is 0 Å². The molecule has 2 heterocycles. The summed E-state index contributed by atoms with van der Waals surface area (Å²) in [4.78, 5) is 9.66. The van der Waals surface area contributed by atoms with Gasteiger partial charge in [0.1, 0.15) is 5.82 Å². The summed E-state index contributed by atoms with van der Waals surface area (Å²) in [6.07, 6.45) is 3.54. The second kappa shape index (κ2) is 7.76. The molecule has 0 saturated carbocycles. The van der Waals surface area contributed by atoms with Crippen molar-refractivity contribution in [2.75, 3.05) is 38.6 Å². The minimum atomic E-state index is 0.642. The van der Waals surface area contributed by atoms with Gasteiger partial charge in [-0.2, -0.15) is 0 Å². The van der Waals surface area contributed by atoms with Crippen LogP contribution < -0.4 is 10.2 Å². The highest BCUT2D eigenvalue weighted by atomic mass is 15.2. The number of likely N-dealkylation sites (N-methyl/N-ethyl adjacent to an activating group) is 1. The Balaban J connectivity index is 2.17. The molecule has 1 fully saturated rings. The summed E-state index contributed by atoms with van der Waals surface area (Å²) >= 11 is 0. The Hall–Kier alpha value is -1.13. The molecule has 1 aliphatic heterocycles. The molecule has 4 heteroatoms. The zero-order valence-electron chi connectivity index (χ0n) is 14.0. The number of aryl methyl sites for hydroxylation is 1. The first-order valence-corrected chi connectivity index (χ1v) is 8.26. The quantitative estimate of drug-likeness (QED) is 0.871. The van der Waals surface area contributed by atoms with Crippen LogP contribution in [0.5, 0.6) is 0 Å². The fourth-order valence-corrected chi connectivity index (χ4v) is 2.93. The van der Waals surface area contributed by atoms with Crippen molar-refractivity contribution in [3.05, 3.63) is 23.4 Å². The van der Waals surface area contributed by atoms with E-state index in [1.54, 1.807) is 0 Å². The Bertz CT molecular complexity index is 444. The van der Waals surface area contributed by atoms with E-state index in [0.29, 0.717) is 6.04 Å². The molecule has 1 aliphatic rings. The summed E-state index contributed by atoms with van der Waals surface area (Å²) in [6, 6.07) is 5.14. The molecule has 2 rings (SSSR count). The Morgan fingerprint density at radius 3 is 2.81 bits per heavy atom. The average molecular weight is 290 g/mol. The van der Waals surface area contributed by atoms with Gasteiger partial charge in [0.15, 0.2) is 0 Å². The summed E-state index contributed by atoms with van der Waals surface area (Å²) < 4.78 is 0. The zero-order chi connectivity index (χ0) is 15.2. The molecule has 1 saturated heterocycles. The van der Waals surface area contributed by atoms with Crippen LogP contribution in [0.2, 0.25) is 0 Å². The van der Waals surface area contributed by atoms with Gasteiger partial charge >= 0.3 is 0 Å². The largest absolute Gasteiger partial charge is 0.355 e. The molecular formula is C17H30N4. The minimum Gasteiger partial charge on any atom is -0.355 e. The van der Waals surface area contributed by atoms with E-state index in [4.69, 9.17) is 4.98 Å². The van der Waals surface area contributed by atoms with Crippen LogP contribution in [0.25, 0.3) is 0 Å². The van der Waals surface area contributed by atoms with Crippen molar-refractivity contribution < 1.29 is 0 Å². The van der Waals surface area contributed by atoms with Crippen molar-refractivity contribution >= 4 is 5.82 Å². The monoisotopic (exact) mass is 290 g/mol. The predicted molar refractivity (Wildman–Crippen MR) is 89.9 cm³/mol. The van der Waals surface area contributed by atoms with Crippen LogP contribution in [0.4, 0.5) is 5.82 Å². The van der Waals surface area contributed by atoms with E-state index >= 15 is 0 Å². The molecule has 1 unspecified atom stereocenters. The third-order valence-electron chi connectivity index (χ3n) is 4.32.